The van der Waals surface area contributed by atoms with E-state index in [1.807, 2.05) is 24.3 Å². The molecule has 2 aromatic carbocycles. The number of thioether (sulfide) groups is 1. The first-order valence-electron chi connectivity index (χ1n) is 9.34. The predicted octanol–water partition coefficient (Wildman–Crippen LogP) is 4.78. The predicted molar refractivity (Wildman–Crippen MR) is 116 cm³/mol. The number of methoxy groups -OCH3 is 1. The summed E-state index contributed by atoms with van der Waals surface area (Å²) in [7, 11) is 1.51. The highest BCUT2D eigenvalue weighted by atomic mass is 35.5. The molecule has 1 unspecified atom stereocenters. The topological polar surface area (TPSA) is 59.8 Å². The number of amides is 1. The Morgan fingerprint density at radius 2 is 2.03 bits per heavy atom. The van der Waals surface area contributed by atoms with Gasteiger partial charge in [0, 0.05) is 34.5 Å². The number of rotatable bonds is 3. The van der Waals surface area contributed by atoms with Crippen LogP contribution in [0.1, 0.15) is 27.6 Å². The van der Waals surface area contributed by atoms with Crippen LogP contribution in [0, 0.1) is 0 Å². The number of carbonyl (C=O) groups excluding carboxylic acids is 1. The third-order valence-corrected chi connectivity index (χ3v) is 6.71. The van der Waals surface area contributed by atoms with Gasteiger partial charge < -0.3 is 14.1 Å². The van der Waals surface area contributed by atoms with Crippen molar-refractivity contribution in [3.05, 3.63) is 75.1 Å². The van der Waals surface area contributed by atoms with Gasteiger partial charge in [0.1, 0.15) is 5.56 Å². The van der Waals surface area contributed by atoms with Crippen molar-refractivity contribution in [2.75, 3.05) is 26.0 Å². The SMILES string of the molecule is COc1cccc2cc(C(=O)N3CCSC(c4ccccc4Cl)CC3)c(=O)oc12. The van der Waals surface area contributed by atoms with Crippen LogP contribution in [-0.4, -0.2) is 36.8 Å². The Labute approximate surface area is 177 Å². The summed E-state index contributed by atoms with van der Waals surface area (Å²) >= 11 is 8.13. The van der Waals surface area contributed by atoms with Crippen LogP contribution in [0.3, 0.4) is 0 Å². The van der Waals surface area contributed by atoms with Gasteiger partial charge >= 0.3 is 5.63 Å². The Balaban J connectivity index is 1.58. The minimum Gasteiger partial charge on any atom is -0.493 e. The Bertz CT molecular complexity index is 1110. The quantitative estimate of drug-likeness (QED) is 0.561. The Morgan fingerprint density at radius 1 is 1.21 bits per heavy atom. The number of nitrogens with zero attached hydrogens (tertiary/aromatic N) is 1. The lowest BCUT2D eigenvalue weighted by Gasteiger charge is -2.20. The fraction of sp³-hybridized carbons (Fsp3) is 0.273. The molecular formula is C22H20ClNO4S. The molecule has 0 aliphatic carbocycles. The molecule has 1 fully saturated rings. The monoisotopic (exact) mass is 429 g/mol. The summed E-state index contributed by atoms with van der Waals surface area (Å²) in [6.07, 6.45) is 0.771. The van der Waals surface area contributed by atoms with Gasteiger partial charge in [0.15, 0.2) is 11.3 Å². The second-order valence-corrected chi connectivity index (χ2v) is 8.51. The highest BCUT2D eigenvalue weighted by Crippen LogP contribution is 2.38. The minimum absolute atomic E-state index is 0.0481. The molecule has 7 heteroatoms. The van der Waals surface area contributed by atoms with E-state index in [2.05, 4.69) is 0 Å². The molecule has 2 heterocycles. The summed E-state index contributed by atoms with van der Waals surface area (Å²) in [6, 6.07) is 14.7. The number of hydrogen-bond donors (Lipinski definition) is 0. The summed E-state index contributed by atoms with van der Waals surface area (Å²) in [5.41, 5.74) is 0.839. The first-order valence-corrected chi connectivity index (χ1v) is 10.8. The number of ether oxygens (including phenoxy) is 1. The summed E-state index contributed by atoms with van der Waals surface area (Å²) in [5, 5.41) is 1.62. The van der Waals surface area contributed by atoms with Crippen LogP contribution < -0.4 is 10.4 Å². The van der Waals surface area contributed by atoms with E-state index in [1.54, 1.807) is 40.9 Å². The van der Waals surface area contributed by atoms with Crippen LogP contribution in [0.2, 0.25) is 5.02 Å². The van der Waals surface area contributed by atoms with Crippen molar-refractivity contribution in [2.45, 2.75) is 11.7 Å². The molecular weight excluding hydrogens is 410 g/mol. The summed E-state index contributed by atoms with van der Waals surface area (Å²) in [6.45, 7) is 1.12. The van der Waals surface area contributed by atoms with Crippen molar-refractivity contribution in [1.29, 1.82) is 0 Å². The average molecular weight is 430 g/mol. The molecule has 4 rings (SSSR count). The van der Waals surface area contributed by atoms with Crippen molar-refractivity contribution in [2.24, 2.45) is 0 Å². The van der Waals surface area contributed by atoms with Crippen molar-refractivity contribution >= 4 is 40.2 Å². The van der Waals surface area contributed by atoms with Gasteiger partial charge in [-0.05, 0) is 30.2 Å². The zero-order valence-electron chi connectivity index (χ0n) is 15.9. The van der Waals surface area contributed by atoms with Crippen LogP contribution in [-0.2, 0) is 0 Å². The van der Waals surface area contributed by atoms with Crippen LogP contribution in [0.25, 0.3) is 11.0 Å². The number of carbonyl (C=O) groups is 1. The number of benzene rings is 2. The van der Waals surface area contributed by atoms with Crippen molar-refractivity contribution in [1.82, 2.24) is 4.90 Å². The van der Waals surface area contributed by atoms with Crippen LogP contribution in [0.4, 0.5) is 0 Å². The highest BCUT2D eigenvalue weighted by Gasteiger charge is 2.26. The number of para-hydroxylation sites is 1. The summed E-state index contributed by atoms with van der Waals surface area (Å²) in [5.74, 6) is 0.935. The smallest absolute Gasteiger partial charge is 0.349 e. The molecule has 3 aromatic rings. The zero-order chi connectivity index (χ0) is 20.4. The molecule has 1 atom stereocenters. The largest absolute Gasteiger partial charge is 0.493 e. The van der Waals surface area contributed by atoms with Gasteiger partial charge in [0.05, 0.1) is 7.11 Å². The van der Waals surface area contributed by atoms with Gasteiger partial charge in [-0.2, -0.15) is 11.8 Å². The van der Waals surface area contributed by atoms with Crippen molar-refractivity contribution < 1.29 is 13.9 Å². The zero-order valence-corrected chi connectivity index (χ0v) is 17.5. The van der Waals surface area contributed by atoms with E-state index >= 15 is 0 Å². The molecule has 0 saturated carbocycles. The van der Waals surface area contributed by atoms with E-state index in [-0.39, 0.29) is 16.7 Å². The molecule has 0 N–H and O–H groups in total. The van der Waals surface area contributed by atoms with Gasteiger partial charge in [-0.3, -0.25) is 4.79 Å². The van der Waals surface area contributed by atoms with E-state index in [4.69, 9.17) is 20.8 Å². The molecule has 1 saturated heterocycles. The fourth-order valence-electron chi connectivity index (χ4n) is 3.56. The second kappa shape index (κ2) is 8.51. The lowest BCUT2D eigenvalue weighted by atomic mass is 10.1. The molecule has 5 nitrogen and oxygen atoms in total. The molecule has 0 bridgehead atoms. The highest BCUT2D eigenvalue weighted by molar-refractivity contribution is 7.99. The molecule has 1 aliphatic rings. The number of hydrogen-bond acceptors (Lipinski definition) is 5. The van der Waals surface area contributed by atoms with Crippen LogP contribution in [0.15, 0.2) is 57.7 Å². The minimum atomic E-state index is -0.647. The molecule has 1 aliphatic heterocycles. The van der Waals surface area contributed by atoms with E-state index in [1.165, 1.54) is 7.11 Å². The van der Waals surface area contributed by atoms with Gasteiger partial charge in [-0.25, -0.2) is 4.79 Å². The van der Waals surface area contributed by atoms with E-state index in [0.29, 0.717) is 29.8 Å². The fourth-order valence-corrected chi connectivity index (χ4v) is 5.16. The average Bonchev–Trinajstić information content (AvgIpc) is 2.99. The first kappa shape index (κ1) is 19.9. The van der Waals surface area contributed by atoms with Gasteiger partial charge in [-0.1, -0.05) is 41.9 Å². The maximum atomic E-state index is 13.1. The van der Waals surface area contributed by atoms with E-state index in [9.17, 15) is 9.59 Å². The Hall–Kier alpha value is -2.44. The number of fused-ring (bicyclic) bond motifs is 1. The first-order chi connectivity index (χ1) is 14.1. The van der Waals surface area contributed by atoms with Crippen LogP contribution in [0.5, 0.6) is 5.75 Å². The van der Waals surface area contributed by atoms with E-state index < -0.39 is 5.63 Å². The molecule has 29 heavy (non-hydrogen) atoms. The Morgan fingerprint density at radius 3 is 2.83 bits per heavy atom. The third-order valence-electron chi connectivity index (χ3n) is 5.05. The van der Waals surface area contributed by atoms with E-state index in [0.717, 1.165) is 22.8 Å². The third kappa shape index (κ3) is 4.00. The summed E-state index contributed by atoms with van der Waals surface area (Å²) in [4.78, 5) is 27.3. The molecule has 0 radical (unpaired) electrons. The number of halogens is 1. The lowest BCUT2D eigenvalue weighted by molar-refractivity contribution is 0.0762. The lowest BCUT2D eigenvalue weighted by Crippen LogP contribution is -2.35. The normalized spacial score (nSPS) is 17.2. The van der Waals surface area contributed by atoms with Gasteiger partial charge in [-0.15, -0.1) is 0 Å². The second-order valence-electron chi connectivity index (χ2n) is 6.79. The summed E-state index contributed by atoms with van der Waals surface area (Å²) < 4.78 is 10.7. The van der Waals surface area contributed by atoms with Crippen LogP contribution >= 0.6 is 23.4 Å². The molecule has 1 amide bonds. The van der Waals surface area contributed by atoms with Gasteiger partial charge in [0.2, 0.25) is 0 Å². The van der Waals surface area contributed by atoms with Crippen molar-refractivity contribution in [3.63, 3.8) is 0 Å². The van der Waals surface area contributed by atoms with Crippen molar-refractivity contribution in [3.8, 4) is 5.75 Å². The molecule has 0 spiro atoms. The molecule has 1 aromatic heterocycles. The standard InChI is InChI=1S/C22H20ClNO4S/c1-27-18-8-4-5-14-13-16(22(26)28-20(14)18)21(25)24-10-9-19(29-12-11-24)15-6-2-3-7-17(15)23/h2-8,13,19H,9-12H2,1H3. The Kier molecular flexibility index (Phi) is 5.83. The maximum absolute atomic E-state index is 13.1. The van der Waals surface area contributed by atoms with Gasteiger partial charge in [0.25, 0.3) is 5.91 Å². The molecule has 150 valence electrons. The maximum Gasteiger partial charge on any atom is 0.349 e.